The minimum atomic E-state index is 0.751. The Hall–Kier alpha value is -2.13. The van der Waals surface area contributed by atoms with E-state index in [0.717, 1.165) is 18.8 Å². The molecule has 2 heterocycles. The van der Waals surface area contributed by atoms with Crippen molar-refractivity contribution in [3.8, 4) is 0 Å². The van der Waals surface area contributed by atoms with Gasteiger partial charge in [0.1, 0.15) is 5.76 Å². The van der Waals surface area contributed by atoms with Crippen LogP contribution in [-0.4, -0.2) is 4.98 Å². The summed E-state index contributed by atoms with van der Waals surface area (Å²) in [6.07, 6.45) is 5.40. The van der Waals surface area contributed by atoms with E-state index in [4.69, 9.17) is 4.42 Å². The van der Waals surface area contributed by atoms with Crippen LogP contribution >= 0.6 is 0 Å². The topological polar surface area (TPSA) is 38.1 Å². The lowest BCUT2D eigenvalue weighted by molar-refractivity contribution is 0.483. The van der Waals surface area contributed by atoms with Crippen molar-refractivity contribution in [2.45, 2.75) is 13.1 Å². The average Bonchev–Trinajstić information content (AvgIpc) is 2.92. The van der Waals surface area contributed by atoms with E-state index in [9.17, 15) is 0 Å². The molecule has 0 amide bonds. The van der Waals surface area contributed by atoms with Gasteiger partial charge in [-0.3, -0.25) is 4.98 Å². The highest BCUT2D eigenvalue weighted by Gasteiger charge is 1.98. The number of hydrogen-bond acceptors (Lipinski definition) is 3. The molecule has 0 fully saturated rings. The molecule has 1 aromatic carbocycles. The van der Waals surface area contributed by atoms with Gasteiger partial charge in [0.2, 0.25) is 0 Å². The maximum absolute atomic E-state index is 5.27. The van der Waals surface area contributed by atoms with Gasteiger partial charge in [-0.15, -0.1) is 0 Å². The number of nitrogens with zero attached hydrogens (tertiary/aromatic N) is 1. The van der Waals surface area contributed by atoms with Gasteiger partial charge in [0.15, 0.2) is 0 Å². The summed E-state index contributed by atoms with van der Waals surface area (Å²) in [4.78, 5) is 4.11. The van der Waals surface area contributed by atoms with E-state index in [0.29, 0.717) is 0 Å². The highest BCUT2D eigenvalue weighted by atomic mass is 16.3. The Balaban J connectivity index is 1.67. The summed E-state index contributed by atoms with van der Waals surface area (Å²) in [7, 11) is 0. The van der Waals surface area contributed by atoms with Crippen LogP contribution in [0.1, 0.15) is 11.3 Å². The fraction of sp³-hybridized carbons (Fsp3) is 0.133. The van der Waals surface area contributed by atoms with Gasteiger partial charge in [-0.25, -0.2) is 0 Å². The Bertz CT molecular complexity index is 632. The molecule has 0 aliphatic rings. The van der Waals surface area contributed by atoms with E-state index in [1.165, 1.54) is 16.3 Å². The molecule has 3 heteroatoms. The fourth-order valence-corrected chi connectivity index (χ4v) is 1.99. The van der Waals surface area contributed by atoms with Gasteiger partial charge in [0.05, 0.1) is 12.8 Å². The zero-order valence-electron chi connectivity index (χ0n) is 9.97. The second-order valence-electron chi connectivity index (χ2n) is 4.24. The molecule has 3 aromatic rings. The summed E-state index contributed by atoms with van der Waals surface area (Å²) in [5, 5.41) is 5.76. The lowest BCUT2D eigenvalue weighted by atomic mass is 10.1. The number of furan rings is 1. The van der Waals surface area contributed by atoms with Crippen molar-refractivity contribution in [3.63, 3.8) is 0 Å². The van der Waals surface area contributed by atoms with Crippen LogP contribution in [0.25, 0.3) is 10.8 Å². The highest BCUT2D eigenvalue weighted by Crippen LogP contribution is 2.14. The number of aromatic nitrogens is 1. The van der Waals surface area contributed by atoms with Crippen LogP contribution in [0.3, 0.4) is 0 Å². The Morgan fingerprint density at radius 1 is 1.06 bits per heavy atom. The summed E-state index contributed by atoms with van der Waals surface area (Å²) in [5.74, 6) is 0.958. The summed E-state index contributed by atoms with van der Waals surface area (Å²) >= 11 is 0. The lowest BCUT2D eigenvalue weighted by Gasteiger charge is -2.04. The molecule has 0 spiro atoms. The normalized spacial score (nSPS) is 10.9. The van der Waals surface area contributed by atoms with Crippen LogP contribution < -0.4 is 5.32 Å². The quantitative estimate of drug-likeness (QED) is 0.759. The molecule has 2 aromatic heterocycles. The predicted octanol–water partition coefficient (Wildman–Crippen LogP) is 3.12. The summed E-state index contributed by atoms with van der Waals surface area (Å²) in [6, 6.07) is 12.3. The number of benzene rings is 1. The van der Waals surface area contributed by atoms with Crippen LogP contribution in [0.15, 0.2) is 59.5 Å². The third kappa shape index (κ3) is 2.41. The van der Waals surface area contributed by atoms with E-state index in [-0.39, 0.29) is 0 Å². The van der Waals surface area contributed by atoms with Crippen LogP contribution in [0, 0.1) is 0 Å². The van der Waals surface area contributed by atoms with Crippen LogP contribution in [0.5, 0.6) is 0 Å². The van der Waals surface area contributed by atoms with Crippen LogP contribution in [0.4, 0.5) is 0 Å². The number of hydrogen-bond donors (Lipinski definition) is 1. The highest BCUT2D eigenvalue weighted by molar-refractivity contribution is 5.81. The molecule has 1 N–H and O–H groups in total. The first kappa shape index (κ1) is 11.0. The number of pyridine rings is 1. The van der Waals surface area contributed by atoms with Gasteiger partial charge < -0.3 is 9.73 Å². The molecule has 0 aliphatic heterocycles. The van der Waals surface area contributed by atoms with Gasteiger partial charge in [-0.2, -0.15) is 0 Å². The maximum Gasteiger partial charge on any atom is 0.117 e. The number of fused-ring (bicyclic) bond motifs is 1. The fourth-order valence-electron chi connectivity index (χ4n) is 1.99. The smallest absolute Gasteiger partial charge is 0.117 e. The van der Waals surface area contributed by atoms with Crippen molar-refractivity contribution in [2.24, 2.45) is 0 Å². The minimum absolute atomic E-state index is 0.751. The Labute approximate surface area is 105 Å². The lowest BCUT2D eigenvalue weighted by Crippen LogP contribution is -2.11. The SMILES string of the molecule is c1coc(CNCc2ccc3cnccc3c2)c1. The van der Waals surface area contributed by atoms with Crippen molar-refractivity contribution in [2.75, 3.05) is 0 Å². The number of nitrogens with one attached hydrogen (secondary N) is 1. The minimum Gasteiger partial charge on any atom is -0.468 e. The van der Waals surface area contributed by atoms with Crippen molar-refractivity contribution < 1.29 is 4.42 Å². The molecular formula is C15H14N2O. The van der Waals surface area contributed by atoms with Crippen LogP contribution in [0.2, 0.25) is 0 Å². The molecule has 90 valence electrons. The Morgan fingerprint density at radius 2 is 2.06 bits per heavy atom. The first-order valence-electron chi connectivity index (χ1n) is 5.97. The third-order valence-corrected chi connectivity index (χ3v) is 2.91. The van der Waals surface area contributed by atoms with Crippen molar-refractivity contribution >= 4 is 10.8 Å². The van der Waals surface area contributed by atoms with Crippen molar-refractivity contribution in [1.82, 2.24) is 10.3 Å². The zero-order chi connectivity index (χ0) is 12.2. The van der Waals surface area contributed by atoms with Gasteiger partial charge in [0.25, 0.3) is 0 Å². The Morgan fingerprint density at radius 3 is 2.94 bits per heavy atom. The van der Waals surface area contributed by atoms with Crippen molar-refractivity contribution in [3.05, 3.63) is 66.4 Å². The second-order valence-corrected chi connectivity index (χ2v) is 4.24. The van der Waals surface area contributed by atoms with E-state index >= 15 is 0 Å². The average molecular weight is 238 g/mol. The van der Waals surface area contributed by atoms with E-state index in [1.807, 2.05) is 30.6 Å². The molecule has 3 rings (SSSR count). The number of rotatable bonds is 4. The maximum atomic E-state index is 5.27. The molecule has 0 saturated heterocycles. The van der Waals surface area contributed by atoms with E-state index < -0.39 is 0 Å². The van der Waals surface area contributed by atoms with Gasteiger partial charge in [0, 0.05) is 24.3 Å². The van der Waals surface area contributed by atoms with E-state index in [1.54, 1.807) is 6.26 Å². The first-order chi connectivity index (χ1) is 8.92. The molecule has 0 saturated carbocycles. The summed E-state index contributed by atoms with van der Waals surface area (Å²) < 4.78 is 5.27. The second kappa shape index (κ2) is 5.02. The summed E-state index contributed by atoms with van der Waals surface area (Å²) in [5.41, 5.74) is 1.26. The van der Waals surface area contributed by atoms with Gasteiger partial charge in [-0.05, 0) is 35.2 Å². The third-order valence-electron chi connectivity index (χ3n) is 2.91. The van der Waals surface area contributed by atoms with Gasteiger partial charge >= 0.3 is 0 Å². The van der Waals surface area contributed by atoms with Crippen molar-refractivity contribution in [1.29, 1.82) is 0 Å². The first-order valence-corrected chi connectivity index (χ1v) is 5.97. The standard InChI is InChI=1S/C15H14N2O/c1-2-15(18-7-1)11-17-9-12-3-4-14-10-16-6-5-13(14)8-12/h1-8,10,17H,9,11H2. The molecule has 0 radical (unpaired) electrons. The predicted molar refractivity (Wildman–Crippen MR) is 71.0 cm³/mol. The zero-order valence-corrected chi connectivity index (χ0v) is 9.97. The molecule has 18 heavy (non-hydrogen) atoms. The van der Waals surface area contributed by atoms with Crippen LogP contribution in [-0.2, 0) is 13.1 Å². The molecule has 0 atom stereocenters. The molecule has 0 aliphatic carbocycles. The van der Waals surface area contributed by atoms with E-state index in [2.05, 4.69) is 28.5 Å². The van der Waals surface area contributed by atoms with Gasteiger partial charge in [-0.1, -0.05) is 12.1 Å². The molecule has 0 bridgehead atoms. The largest absolute Gasteiger partial charge is 0.468 e. The summed E-state index contributed by atoms with van der Waals surface area (Å²) in [6.45, 7) is 1.58. The molecule has 0 unspecified atom stereocenters. The Kier molecular flexibility index (Phi) is 3.07. The molecule has 3 nitrogen and oxygen atoms in total. The molecular weight excluding hydrogens is 224 g/mol. The monoisotopic (exact) mass is 238 g/mol.